The van der Waals surface area contributed by atoms with E-state index in [-0.39, 0.29) is 27.6 Å². The van der Waals surface area contributed by atoms with Gasteiger partial charge in [-0.1, -0.05) is 18.0 Å². The monoisotopic (exact) mass is 299 g/mol. The average Bonchev–Trinajstić information content (AvgIpc) is 2.74. The number of hydrogen-bond acceptors (Lipinski definition) is 4. The summed E-state index contributed by atoms with van der Waals surface area (Å²) in [5.74, 6) is 0. The van der Waals surface area contributed by atoms with Crippen LogP contribution < -0.4 is 10.5 Å². The summed E-state index contributed by atoms with van der Waals surface area (Å²) in [5, 5.41) is 8.89. The normalized spacial score (nSPS) is 23.2. The van der Waals surface area contributed by atoms with Crippen molar-refractivity contribution in [2.24, 2.45) is 5.73 Å². The van der Waals surface area contributed by atoms with E-state index < -0.39 is 10.0 Å². The number of halogens is 1. The van der Waals surface area contributed by atoms with E-state index in [1.165, 1.54) is 18.2 Å². The summed E-state index contributed by atoms with van der Waals surface area (Å²) >= 11 is 5.84. The largest absolute Gasteiger partial charge is 0.326 e. The van der Waals surface area contributed by atoms with Crippen LogP contribution in [0.5, 0.6) is 0 Å². The number of nitriles is 1. The third-order valence-corrected chi connectivity index (χ3v) is 5.05. The molecule has 0 aliphatic heterocycles. The fourth-order valence-electron chi connectivity index (χ4n) is 2.16. The summed E-state index contributed by atoms with van der Waals surface area (Å²) in [6.45, 7) is 0. The highest BCUT2D eigenvalue weighted by Crippen LogP contribution is 2.23. The Morgan fingerprint density at radius 3 is 2.68 bits per heavy atom. The molecule has 0 bridgehead atoms. The molecule has 1 saturated carbocycles. The highest BCUT2D eigenvalue weighted by Gasteiger charge is 2.28. The van der Waals surface area contributed by atoms with E-state index in [0.717, 1.165) is 19.3 Å². The highest BCUT2D eigenvalue weighted by molar-refractivity contribution is 7.89. The first-order valence-electron chi connectivity index (χ1n) is 5.91. The molecule has 19 heavy (non-hydrogen) atoms. The van der Waals surface area contributed by atoms with E-state index in [1.807, 2.05) is 6.07 Å². The van der Waals surface area contributed by atoms with Gasteiger partial charge in [0.2, 0.25) is 10.0 Å². The lowest BCUT2D eigenvalue weighted by Gasteiger charge is -2.17. The molecular weight excluding hydrogens is 286 g/mol. The second kappa shape index (κ2) is 5.47. The quantitative estimate of drug-likeness (QED) is 0.881. The molecule has 1 aromatic carbocycles. The van der Waals surface area contributed by atoms with Crippen LogP contribution in [0.1, 0.15) is 24.8 Å². The summed E-state index contributed by atoms with van der Waals surface area (Å²) in [6.07, 6.45) is 2.48. The molecule has 0 saturated heterocycles. The molecule has 2 atom stereocenters. The van der Waals surface area contributed by atoms with E-state index in [0.29, 0.717) is 0 Å². The lowest BCUT2D eigenvalue weighted by atomic mass is 10.2. The molecule has 0 heterocycles. The van der Waals surface area contributed by atoms with Gasteiger partial charge in [-0.2, -0.15) is 5.26 Å². The third kappa shape index (κ3) is 3.07. The van der Waals surface area contributed by atoms with Crippen LogP contribution >= 0.6 is 11.6 Å². The zero-order valence-corrected chi connectivity index (χ0v) is 11.7. The summed E-state index contributed by atoms with van der Waals surface area (Å²) in [6, 6.07) is 5.54. The Kier molecular flexibility index (Phi) is 4.11. The Bertz CT molecular complexity index is 624. The van der Waals surface area contributed by atoms with Crippen LogP contribution in [0.2, 0.25) is 5.02 Å². The number of nitrogens with two attached hydrogens (primary N) is 1. The summed E-state index contributed by atoms with van der Waals surface area (Å²) in [5.41, 5.74) is 6.09. The van der Waals surface area contributed by atoms with E-state index in [4.69, 9.17) is 22.6 Å². The predicted octanol–water partition coefficient (Wildman–Crippen LogP) is 1.37. The van der Waals surface area contributed by atoms with Gasteiger partial charge in [-0.15, -0.1) is 0 Å². The fraction of sp³-hybridized carbons (Fsp3) is 0.417. The molecule has 2 unspecified atom stereocenters. The first-order chi connectivity index (χ1) is 8.94. The van der Waals surface area contributed by atoms with Crippen molar-refractivity contribution in [3.63, 3.8) is 0 Å². The Balaban J connectivity index is 2.25. The van der Waals surface area contributed by atoms with Crippen molar-refractivity contribution in [3.05, 3.63) is 28.8 Å². The number of hydrogen-bond donors (Lipinski definition) is 2. The molecule has 3 N–H and O–H groups in total. The Labute approximate surface area is 117 Å². The van der Waals surface area contributed by atoms with Crippen LogP contribution in [0.15, 0.2) is 23.1 Å². The minimum atomic E-state index is -3.65. The molecule has 1 aromatic rings. The summed E-state index contributed by atoms with van der Waals surface area (Å²) in [7, 11) is -3.65. The average molecular weight is 300 g/mol. The molecular formula is C12H14ClN3O2S. The van der Waals surface area contributed by atoms with Crippen molar-refractivity contribution in [3.8, 4) is 6.07 Å². The molecule has 5 nitrogen and oxygen atoms in total. The molecule has 0 aromatic heterocycles. The molecule has 1 aliphatic carbocycles. The predicted molar refractivity (Wildman–Crippen MR) is 72.1 cm³/mol. The topological polar surface area (TPSA) is 96.0 Å². The molecule has 2 rings (SSSR count). The maximum absolute atomic E-state index is 12.2. The third-order valence-electron chi connectivity index (χ3n) is 3.25. The van der Waals surface area contributed by atoms with E-state index in [1.54, 1.807) is 0 Å². The van der Waals surface area contributed by atoms with Crippen LogP contribution in [0.4, 0.5) is 0 Å². The van der Waals surface area contributed by atoms with Gasteiger partial charge >= 0.3 is 0 Å². The SMILES string of the molecule is N#Cc1ccc(S(=O)(=O)NC2CCCC2N)cc1Cl. The Morgan fingerprint density at radius 2 is 2.16 bits per heavy atom. The van der Waals surface area contributed by atoms with Gasteiger partial charge in [0.05, 0.1) is 15.5 Å². The molecule has 102 valence electrons. The van der Waals surface area contributed by atoms with Crippen molar-refractivity contribution in [1.29, 1.82) is 5.26 Å². The van der Waals surface area contributed by atoms with Crippen molar-refractivity contribution >= 4 is 21.6 Å². The summed E-state index contributed by atoms with van der Waals surface area (Å²) in [4.78, 5) is 0.0515. The van der Waals surface area contributed by atoms with Crippen molar-refractivity contribution in [1.82, 2.24) is 4.72 Å². The molecule has 0 amide bonds. The number of rotatable bonds is 3. The van der Waals surface area contributed by atoms with Crippen molar-refractivity contribution < 1.29 is 8.42 Å². The maximum Gasteiger partial charge on any atom is 0.240 e. The van der Waals surface area contributed by atoms with Gasteiger partial charge < -0.3 is 5.73 Å². The van der Waals surface area contributed by atoms with Gasteiger partial charge in [0, 0.05) is 12.1 Å². The second-order valence-electron chi connectivity index (χ2n) is 4.58. The fourth-order valence-corrected chi connectivity index (χ4v) is 3.79. The number of nitrogens with zero attached hydrogens (tertiary/aromatic N) is 1. The van der Waals surface area contributed by atoms with Crippen LogP contribution in [0.25, 0.3) is 0 Å². The van der Waals surface area contributed by atoms with Gasteiger partial charge in [0.15, 0.2) is 0 Å². The maximum atomic E-state index is 12.2. The van der Waals surface area contributed by atoms with Gasteiger partial charge in [-0.3, -0.25) is 0 Å². The first-order valence-corrected chi connectivity index (χ1v) is 7.78. The van der Waals surface area contributed by atoms with Gasteiger partial charge in [0.1, 0.15) is 6.07 Å². The lowest BCUT2D eigenvalue weighted by molar-refractivity contribution is 0.522. The van der Waals surface area contributed by atoms with Gasteiger partial charge in [-0.05, 0) is 31.0 Å². The molecule has 1 fully saturated rings. The zero-order valence-electron chi connectivity index (χ0n) is 10.1. The van der Waals surface area contributed by atoms with Crippen molar-refractivity contribution in [2.45, 2.75) is 36.2 Å². The highest BCUT2D eigenvalue weighted by atomic mass is 35.5. The van der Waals surface area contributed by atoms with E-state index >= 15 is 0 Å². The number of sulfonamides is 1. The standard InChI is InChI=1S/C12H14ClN3O2S/c13-10-6-9(5-4-8(10)7-14)19(17,18)16-12-3-1-2-11(12)15/h4-6,11-12,16H,1-3,15H2. The number of benzene rings is 1. The summed E-state index contributed by atoms with van der Waals surface area (Å²) < 4.78 is 26.9. The van der Waals surface area contributed by atoms with Gasteiger partial charge in [0.25, 0.3) is 0 Å². The van der Waals surface area contributed by atoms with Crippen LogP contribution in [0.3, 0.4) is 0 Å². The van der Waals surface area contributed by atoms with E-state index in [9.17, 15) is 8.42 Å². The van der Waals surface area contributed by atoms with Gasteiger partial charge in [-0.25, -0.2) is 13.1 Å². The molecule has 0 spiro atoms. The van der Waals surface area contributed by atoms with E-state index in [2.05, 4.69) is 4.72 Å². The Morgan fingerprint density at radius 1 is 1.42 bits per heavy atom. The molecule has 1 aliphatic rings. The number of nitrogens with one attached hydrogen (secondary N) is 1. The molecule has 0 radical (unpaired) electrons. The minimum Gasteiger partial charge on any atom is -0.326 e. The lowest BCUT2D eigenvalue weighted by Crippen LogP contribution is -2.43. The zero-order chi connectivity index (χ0) is 14.0. The molecule has 7 heteroatoms. The second-order valence-corrected chi connectivity index (χ2v) is 6.70. The van der Waals surface area contributed by atoms with Crippen LogP contribution in [0, 0.1) is 11.3 Å². The van der Waals surface area contributed by atoms with Crippen molar-refractivity contribution in [2.75, 3.05) is 0 Å². The minimum absolute atomic E-state index is 0.0515. The van der Waals surface area contributed by atoms with Crippen LogP contribution in [-0.2, 0) is 10.0 Å². The Hall–Kier alpha value is -1.13. The smallest absolute Gasteiger partial charge is 0.240 e. The first kappa shape index (κ1) is 14.3. The van der Waals surface area contributed by atoms with Crippen LogP contribution in [-0.4, -0.2) is 20.5 Å².